The van der Waals surface area contributed by atoms with Gasteiger partial charge in [-0.05, 0) is 0 Å². The molecule has 0 aromatic rings. The lowest BCUT2D eigenvalue weighted by molar-refractivity contribution is 0.153. The van der Waals surface area contributed by atoms with Gasteiger partial charge in [0.05, 0.1) is 6.61 Å². The number of rotatable bonds is 6. The Morgan fingerprint density at radius 3 is 2.36 bits per heavy atom. The van der Waals surface area contributed by atoms with Crippen LogP contribution in [0.3, 0.4) is 0 Å². The van der Waals surface area contributed by atoms with Gasteiger partial charge in [0, 0.05) is 20.8 Å². The van der Waals surface area contributed by atoms with Crippen molar-refractivity contribution in [3.8, 4) is 0 Å². The predicted octanol–water partition coefficient (Wildman–Crippen LogP) is -0.133. The highest BCUT2D eigenvalue weighted by Crippen LogP contribution is 2.47. The van der Waals surface area contributed by atoms with Crippen LogP contribution in [0.5, 0.6) is 0 Å². The molecule has 0 aromatic carbocycles. The van der Waals surface area contributed by atoms with Crippen LogP contribution in [-0.4, -0.2) is 27.4 Å². The van der Waals surface area contributed by atoms with E-state index in [1.165, 1.54) is 14.2 Å². The van der Waals surface area contributed by atoms with E-state index in [2.05, 4.69) is 14.5 Å². The fourth-order valence-electron chi connectivity index (χ4n) is 0.396. The van der Waals surface area contributed by atoms with Crippen LogP contribution in [-0.2, 0) is 18.1 Å². The van der Waals surface area contributed by atoms with Crippen LogP contribution < -0.4 is 11.3 Å². The average molecular weight is 184 g/mol. The maximum atomic E-state index is 11.1. The molecule has 0 heterocycles. The molecule has 11 heavy (non-hydrogen) atoms. The Hall–Kier alpha value is 0.0300. The van der Waals surface area contributed by atoms with Crippen molar-refractivity contribution in [3.05, 3.63) is 0 Å². The van der Waals surface area contributed by atoms with Crippen molar-refractivity contribution in [3.63, 3.8) is 0 Å². The molecule has 7 heteroatoms. The molecule has 0 fully saturated rings. The summed E-state index contributed by atoms with van der Waals surface area (Å²) in [6.45, 7) is 0.562. The maximum absolute atomic E-state index is 11.1. The quantitative estimate of drug-likeness (QED) is 0.259. The zero-order valence-corrected chi connectivity index (χ0v) is 7.47. The van der Waals surface area contributed by atoms with E-state index >= 15 is 0 Å². The number of phosphoric acid groups is 1. The van der Waals surface area contributed by atoms with Crippen molar-refractivity contribution < 1.29 is 18.1 Å². The molecule has 0 aliphatic heterocycles. The lowest BCUT2D eigenvalue weighted by Crippen LogP contribution is -2.26. The number of phosphoric ester groups is 1. The number of hydrogen-bond donors (Lipinski definition) is 2. The fraction of sp³-hybridized carbons (Fsp3) is 1.00. The van der Waals surface area contributed by atoms with E-state index in [-0.39, 0.29) is 6.61 Å². The Labute approximate surface area is 65.6 Å². The number of hydrazine groups is 1. The highest BCUT2D eigenvalue weighted by molar-refractivity contribution is 7.48. The SMILES string of the molecule is COP(=O)(OC)OCCNN. The lowest BCUT2D eigenvalue weighted by atomic mass is 10.7. The zero-order chi connectivity index (χ0) is 8.74. The first-order valence-corrected chi connectivity index (χ1v) is 4.44. The van der Waals surface area contributed by atoms with E-state index in [4.69, 9.17) is 10.4 Å². The molecule has 0 aromatic heterocycles. The first-order valence-electron chi connectivity index (χ1n) is 2.98. The molecule has 0 atom stereocenters. The van der Waals surface area contributed by atoms with Gasteiger partial charge in [-0.2, -0.15) is 0 Å². The third-order valence-electron chi connectivity index (χ3n) is 0.943. The van der Waals surface area contributed by atoms with Gasteiger partial charge in [0.25, 0.3) is 0 Å². The van der Waals surface area contributed by atoms with Crippen molar-refractivity contribution in [2.45, 2.75) is 0 Å². The summed E-state index contributed by atoms with van der Waals surface area (Å²) in [5.74, 6) is 4.94. The smallest absolute Gasteiger partial charge is 0.290 e. The molecule has 0 radical (unpaired) electrons. The van der Waals surface area contributed by atoms with Gasteiger partial charge in [0.1, 0.15) is 0 Å². The minimum atomic E-state index is -3.31. The van der Waals surface area contributed by atoms with Gasteiger partial charge in [0.15, 0.2) is 0 Å². The van der Waals surface area contributed by atoms with Crippen LogP contribution in [0.15, 0.2) is 0 Å². The normalized spacial score (nSPS) is 11.9. The lowest BCUT2D eigenvalue weighted by Gasteiger charge is -2.12. The molecule has 0 rings (SSSR count). The molecule has 0 aliphatic rings. The molecule has 68 valence electrons. The first kappa shape index (κ1) is 11.0. The van der Waals surface area contributed by atoms with E-state index in [1.54, 1.807) is 0 Å². The Bertz CT molecular complexity index is 134. The van der Waals surface area contributed by atoms with E-state index in [9.17, 15) is 4.57 Å². The van der Waals surface area contributed by atoms with E-state index in [1.807, 2.05) is 0 Å². The van der Waals surface area contributed by atoms with Crippen molar-refractivity contribution in [2.24, 2.45) is 5.84 Å². The minimum absolute atomic E-state index is 0.176. The molecule has 0 bridgehead atoms. The molecular formula is C4H13N2O4P. The average Bonchev–Trinajstić information content (AvgIpc) is 2.05. The number of hydrogen-bond acceptors (Lipinski definition) is 6. The van der Waals surface area contributed by atoms with Crippen LogP contribution in [0.2, 0.25) is 0 Å². The molecule has 0 spiro atoms. The first-order chi connectivity index (χ1) is 5.18. The number of nitrogens with two attached hydrogens (primary N) is 1. The number of nitrogens with one attached hydrogen (secondary N) is 1. The van der Waals surface area contributed by atoms with Crippen LogP contribution in [0.1, 0.15) is 0 Å². The summed E-state index contributed by atoms with van der Waals surface area (Å²) in [6.07, 6.45) is 0. The predicted molar refractivity (Wildman–Crippen MR) is 39.8 cm³/mol. The van der Waals surface area contributed by atoms with Crippen LogP contribution in [0.4, 0.5) is 0 Å². The molecule has 3 N–H and O–H groups in total. The van der Waals surface area contributed by atoms with Gasteiger partial charge in [-0.25, -0.2) is 4.57 Å². The van der Waals surface area contributed by atoms with Crippen molar-refractivity contribution in [2.75, 3.05) is 27.4 Å². The summed E-state index contributed by atoms with van der Waals surface area (Å²) in [4.78, 5) is 0. The summed E-state index contributed by atoms with van der Waals surface area (Å²) in [5.41, 5.74) is 2.33. The van der Waals surface area contributed by atoms with Crippen LogP contribution in [0, 0.1) is 0 Å². The zero-order valence-electron chi connectivity index (χ0n) is 6.57. The standard InChI is InChI=1S/C4H13N2O4P/c1-8-11(7,9-2)10-4-3-6-5/h6H,3-5H2,1-2H3. The summed E-state index contributed by atoms with van der Waals surface area (Å²) in [5, 5.41) is 0. The second-order valence-corrected chi connectivity index (χ2v) is 3.48. The summed E-state index contributed by atoms with van der Waals surface area (Å²) in [6, 6.07) is 0. The highest BCUT2D eigenvalue weighted by atomic mass is 31.2. The minimum Gasteiger partial charge on any atom is -0.290 e. The van der Waals surface area contributed by atoms with Crippen LogP contribution in [0.25, 0.3) is 0 Å². The summed E-state index contributed by atoms with van der Waals surface area (Å²) in [7, 11) is -0.806. The molecule has 0 saturated carbocycles. The topological polar surface area (TPSA) is 82.8 Å². The van der Waals surface area contributed by atoms with Gasteiger partial charge < -0.3 is 0 Å². The third-order valence-corrected chi connectivity index (χ3v) is 2.34. The monoisotopic (exact) mass is 184 g/mol. The second-order valence-electron chi connectivity index (χ2n) is 1.60. The Balaban J connectivity index is 3.61. The van der Waals surface area contributed by atoms with Gasteiger partial charge in [-0.1, -0.05) is 0 Å². The Kier molecular flexibility index (Phi) is 5.67. The summed E-state index contributed by atoms with van der Waals surface area (Å²) < 4.78 is 24.8. The Morgan fingerprint density at radius 1 is 1.45 bits per heavy atom. The van der Waals surface area contributed by atoms with Gasteiger partial charge >= 0.3 is 7.82 Å². The van der Waals surface area contributed by atoms with Crippen molar-refractivity contribution in [1.29, 1.82) is 0 Å². The van der Waals surface area contributed by atoms with E-state index < -0.39 is 7.82 Å². The van der Waals surface area contributed by atoms with Gasteiger partial charge in [0.2, 0.25) is 0 Å². The van der Waals surface area contributed by atoms with E-state index in [0.717, 1.165) is 0 Å². The van der Waals surface area contributed by atoms with Crippen LogP contribution >= 0.6 is 7.82 Å². The second kappa shape index (κ2) is 5.65. The highest BCUT2D eigenvalue weighted by Gasteiger charge is 2.21. The molecule has 0 unspecified atom stereocenters. The largest absolute Gasteiger partial charge is 0.474 e. The maximum Gasteiger partial charge on any atom is 0.474 e. The van der Waals surface area contributed by atoms with Gasteiger partial charge in [-0.3, -0.25) is 24.8 Å². The van der Waals surface area contributed by atoms with Crippen molar-refractivity contribution >= 4 is 7.82 Å². The summed E-state index contributed by atoms with van der Waals surface area (Å²) >= 11 is 0. The van der Waals surface area contributed by atoms with E-state index in [0.29, 0.717) is 6.54 Å². The fourth-order valence-corrected chi connectivity index (χ4v) is 1.07. The molecular weight excluding hydrogens is 171 g/mol. The third kappa shape index (κ3) is 4.47. The van der Waals surface area contributed by atoms with Gasteiger partial charge in [-0.15, -0.1) is 0 Å². The molecule has 0 saturated heterocycles. The molecule has 6 nitrogen and oxygen atoms in total. The van der Waals surface area contributed by atoms with Crippen molar-refractivity contribution in [1.82, 2.24) is 5.43 Å². The Morgan fingerprint density at radius 2 is 2.00 bits per heavy atom. The molecule has 0 aliphatic carbocycles. The molecule has 0 amide bonds.